The fourth-order valence-corrected chi connectivity index (χ4v) is 1.78. The van der Waals surface area contributed by atoms with E-state index in [0.717, 1.165) is 0 Å². The third-order valence-corrected chi connectivity index (χ3v) is 2.57. The summed E-state index contributed by atoms with van der Waals surface area (Å²) >= 11 is 5.90. The molecule has 16 heavy (non-hydrogen) atoms. The summed E-state index contributed by atoms with van der Waals surface area (Å²) in [6, 6.07) is 3.21. The summed E-state index contributed by atoms with van der Waals surface area (Å²) < 4.78 is 4.89. The fraction of sp³-hybridized carbons (Fsp3) is 0.300. The van der Waals surface area contributed by atoms with Gasteiger partial charge in [-0.1, -0.05) is 11.6 Å². The molecule has 0 aromatic carbocycles. The Morgan fingerprint density at radius 2 is 2.19 bits per heavy atom. The molecule has 1 amide bonds. The summed E-state index contributed by atoms with van der Waals surface area (Å²) in [5, 5.41) is 0.155. The van der Waals surface area contributed by atoms with Crippen LogP contribution < -0.4 is 9.64 Å². The van der Waals surface area contributed by atoms with Gasteiger partial charge in [0.25, 0.3) is 0 Å². The van der Waals surface area contributed by atoms with Gasteiger partial charge < -0.3 is 9.64 Å². The van der Waals surface area contributed by atoms with Crippen LogP contribution in [0.3, 0.4) is 0 Å². The normalized spacial score (nSPS) is 15.8. The summed E-state index contributed by atoms with van der Waals surface area (Å²) in [6.07, 6.45) is -0.0671. The topological polar surface area (TPSA) is 59.5 Å². The first-order valence-electron chi connectivity index (χ1n) is 4.64. The highest BCUT2D eigenvalue weighted by atomic mass is 35.5. The quantitative estimate of drug-likeness (QED) is 0.573. The molecule has 1 aliphatic rings. The number of anilines is 1. The van der Waals surface area contributed by atoms with E-state index < -0.39 is 0 Å². The summed E-state index contributed by atoms with van der Waals surface area (Å²) in [5.74, 6) is 0.00229. The average Bonchev–Trinajstić information content (AvgIpc) is 2.57. The molecule has 1 saturated heterocycles. The predicted molar refractivity (Wildman–Crippen MR) is 57.8 cm³/mol. The zero-order chi connectivity index (χ0) is 11.7. The van der Waals surface area contributed by atoms with Gasteiger partial charge >= 0.3 is 0 Å². The molecule has 0 aliphatic carbocycles. The van der Waals surface area contributed by atoms with E-state index in [-0.39, 0.29) is 29.8 Å². The van der Waals surface area contributed by atoms with Crippen LogP contribution in [0.1, 0.15) is 6.42 Å². The van der Waals surface area contributed by atoms with E-state index in [2.05, 4.69) is 4.98 Å². The van der Waals surface area contributed by atoms with E-state index in [1.54, 1.807) is 12.1 Å². The van der Waals surface area contributed by atoms with E-state index in [1.807, 2.05) is 0 Å². The SMILES string of the molecule is COc1ccc(N2CC(=O)CC2=O)c(Cl)n1. The van der Waals surface area contributed by atoms with E-state index >= 15 is 0 Å². The molecule has 0 radical (unpaired) electrons. The average molecular weight is 241 g/mol. The molecule has 0 spiro atoms. The number of Topliss-reactive ketones (excluding diaryl/α,β-unsaturated/α-hetero) is 1. The molecule has 6 heteroatoms. The van der Waals surface area contributed by atoms with Crippen molar-refractivity contribution in [3.05, 3.63) is 17.3 Å². The Kier molecular flexibility index (Phi) is 2.78. The Bertz CT molecular complexity index is 461. The number of pyridine rings is 1. The number of halogens is 1. The molecule has 2 rings (SSSR count). The molecule has 0 unspecified atom stereocenters. The number of carbonyl (C=O) groups excluding carboxylic acids is 2. The molecule has 5 nitrogen and oxygen atoms in total. The standard InChI is InChI=1S/C10H9ClN2O3/c1-16-8-3-2-7(10(11)12-8)13-5-6(14)4-9(13)15/h2-3H,4-5H2,1H3. The van der Waals surface area contributed by atoms with Crippen LogP contribution in [0.5, 0.6) is 5.88 Å². The van der Waals surface area contributed by atoms with Gasteiger partial charge in [0.2, 0.25) is 11.8 Å². The monoisotopic (exact) mass is 240 g/mol. The number of nitrogens with zero attached hydrogens (tertiary/aromatic N) is 2. The van der Waals surface area contributed by atoms with Crippen molar-refractivity contribution in [2.45, 2.75) is 6.42 Å². The maximum Gasteiger partial charge on any atom is 0.235 e. The zero-order valence-corrected chi connectivity index (χ0v) is 9.32. The molecular weight excluding hydrogens is 232 g/mol. The van der Waals surface area contributed by atoms with Gasteiger partial charge in [-0.3, -0.25) is 9.59 Å². The molecule has 0 bridgehead atoms. The minimum Gasteiger partial charge on any atom is -0.481 e. The number of hydrogen-bond acceptors (Lipinski definition) is 4. The second kappa shape index (κ2) is 4.09. The first-order chi connectivity index (χ1) is 7.61. The third kappa shape index (κ3) is 1.86. The van der Waals surface area contributed by atoms with Crippen molar-refractivity contribution < 1.29 is 14.3 Å². The van der Waals surface area contributed by atoms with Crippen LogP contribution in [0.4, 0.5) is 5.69 Å². The number of aromatic nitrogens is 1. The zero-order valence-electron chi connectivity index (χ0n) is 8.57. The van der Waals surface area contributed by atoms with Crippen LogP contribution in [0, 0.1) is 0 Å². The van der Waals surface area contributed by atoms with Gasteiger partial charge in [-0.05, 0) is 6.07 Å². The van der Waals surface area contributed by atoms with E-state index in [0.29, 0.717) is 11.6 Å². The first kappa shape index (κ1) is 10.9. The largest absolute Gasteiger partial charge is 0.481 e. The van der Waals surface area contributed by atoms with E-state index in [4.69, 9.17) is 16.3 Å². The van der Waals surface area contributed by atoms with Gasteiger partial charge in [0.05, 0.1) is 25.8 Å². The Balaban J connectivity index is 2.34. The molecule has 2 heterocycles. The minimum atomic E-state index is -0.251. The summed E-state index contributed by atoms with van der Waals surface area (Å²) in [4.78, 5) is 27.9. The van der Waals surface area contributed by atoms with Crippen molar-refractivity contribution in [2.24, 2.45) is 0 Å². The summed E-state index contributed by atoms with van der Waals surface area (Å²) in [6.45, 7) is 0.0621. The highest BCUT2D eigenvalue weighted by Crippen LogP contribution is 2.28. The number of carbonyl (C=O) groups is 2. The van der Waals surface area contributed by atoms with Gasteiger partial charge in [-0.25, -0.2) is 0 Å². The van der Waals surface area contributed by atoms with Crippen molar-refractivity contribution >= 4 is 29.0 Å². The maximum atomic E-state index is 11.5. The van der Waals surface area contributed by atoms with Crippen LogP contribution in [-0.2, 0) is 9.59 Å². The number of ketones is 1. The van der Waals surface area contributed by atoms with Gasteiger partial charge in [0.15, 0.2) is 10.9 Å². The van der Waals surface area contributed by atoms with Crippen LogP contribution in [0.2, 0.25) is 5.15 Å². The summed E-state index contributed by atoms with van der Waals surface area (Å²) in [7, 11) is 1.48. The molecule has 1 aliphatic heterocycles. The Morgan fingerprint density at radius 1 is 1.44 bits per heavy atom. The van der Waals surface area contributed by atoms with E-state index in [9.17, 15) is 9.59 Å². The molecule has 1 fully saturated rings. The van der Waals surface area contributed by atoms with Gasteiger partial charge in [0.1, 0.15) is 0 Å². The van der Waals surface area contributed by atoms with Crippen LogP contribution >= 0.6 is 11.6 Å². The van der Waals surface area contributed by atoms with Crippen LogP contribution in [0.15, 0.2) is 12.1 Å². The lowest BCUT2D eigenvalue weighted by Gasteiger charge is -2.15. The lowest BCUT2D eigenvalue weighted by molar-refractivity contribution is -0.121. The molecule has 0 saturated carbocycles. The lowest BCUT2D eigenvalue weighted by Crippen LogP contribution is -2.25. The van der Waals surface area contributed by atoms with Crippen molar-refractivity contribution in [3.63, 3.8) is 0 Å². The van der Waals surface area contributed by atoms with Gasteiger partial charge in [0, 0.05) is 6.07 Å². The Hall–Kier alpha value is -1.62. The number of amides is 1. The molecular formula is C10H9ClN2O3. The molecule has 0 N–H and O–H groups in total. The van der Waals surface area contributed by atoms with E-state index in [1.165, 1.54) is 12.0 Å². The fourth-order valence-electron chi connectivity index (χ4n) is 1.53. The highest BCUT2D eigenvalue weighted by molar-refractivity contribution is 6.33. The van der Waals surface area contributed by atoms with Crippen LogP contribution in [0.25, 0.3) is 0 Å². The van der Waals surface area contributed by atoms with Gasteiger partial charge in [-0.2, -0.15) is 4.98 Å². The number of hydrogen-bond donors (Lipinski definition) is 0. The number of ether oxygens (including phenoxy) is 1. The molecule has 84 valence electrons. The molecule has 1 aromatic heterocycles. The second-order valence-electron chi connectivity index (χ2n) is 3.36. The lowest BCUT2D eigenvalue weighted by atomic mass is 10.3. The van der Waals surface area contributed by atoms with Crippen molar-refractivity contribution in [1.82, 2.24) is 4.98 Å². The number of rotatable bonds is 2. The third-order valence-electron chi connectivity index (χ3n) is 2.29. The minimum absolute atomic E-state index is 0.0621. The second-order valence-corrected chi connectivity index (χ2v) is 3.72. The maximum absolute atomic E-state index is 11.5. The van der Waals surface area contributed by atoms with Crippen LogP contribution in [-0.4, -0.2) is 30.3 Å². The van der Waals surface area contributed by atoms with Crippen molar-refractivity contribution in [2.75, 3.05) is 18.6 Å². The molecule has 0 atom stereocenters. The first-order valence-corrected chi connectivity index (χ1v) is 5.02. The molecule has 1 aromatic rings. The smallest absolute Gasteiger partial charge is 0.235 e. The Morgan fingerprint density at radius 3 is 2.69 bits per heavy atom. The summed E-state index contributed by atoms with van der Waals surface area (Å²) in [5.41, 5.74) is 0.443. The highest BCUT2D eigenvalue weighted by Gasteiger charge is 2.30. The van der Waals surface area contributed by atoms with Crippen molar-refractivity contribution in [3.8, 4) is 5.88 Å². The predicted octanol–water partition coefficient (Wildman–Crippen LogP) is 1.05. The van der Waals surface area contributed by atoms with Gasteiger partial charge in [-0.15, -0.1) is 0 Å². The number of methoxy groups -OCH3 is 1. The Labute approximate surface area is 97.0 Å². The van der Waals surface area contributed by atoms with Crippen molar-refractivity contribution in [1.29, 1.82) is 0 Å².